The van der Waals surface area contributed by atoms with Gasteiger partial charge in [-0.1, -0.05) is 30.3 Å². The predicted molar refractivity (Wildman–Crippen MR) is 97.4 cm³/mol. The smallest absolute Gasteiger partial charge is 0.316 e. The van der Waals surface area contributed by atoms with E-state index in [1.165, 1.54) is 0 Å². The minimum atomic E-state index is -3.75. The Morgan fingerprint density at radius 1 is 1.00 bits per heavy atom. The molecular formula is C18H19N3O3S. The fourth-order valence-electron chi connectivity index (χ4n) is 2.55. The van der Waals surface area contributed by atoms with E-state index >= 15 is 0 Å². The van der Waals surface area contributed by atoms with Crippen LogP contribution in [0.5, 0.6) is 6.01 Å². The first-order chi connectivity index (χ1) is 11.9. The summed E-state index contributed by atoms with van der Waals surface area (Å²) in [5.41, 5.74) is 1.40. The number of ether oxygens (including phenoxy) is 1. The third-order valence-corrected chi connectivity index (χ3v) is 5.14. The molecule has 0 bridgehead atoms. The molecule has 130 valence electrons. The molecule has 0 aliphatic rings. The highest BCUT2D eigenvalue weighted by Crippen LogP contribution is 2.25. The highest BCUT2D eigenvalue weighted by molar-refractivity contribution is 7.92. The SMILES string of the molecule is CCOc1nc(C)c(NS(=O)(=O)c2ccc3ccccc3c2)c(C)n1. The van der Waals surface area contributed by atoms with E-state index in [0.717, 1.165) is 10.8 Å². The summed E-state index contributed by atoms with van der Waals surface area (Å²) < 4.78 is 33.4. The van der Waals surface area contributed by atoms with Crippen LogP contribution in [0.3, 0.4) is 0 Å². The number of sulfonamides is 1. The van der Waals surface area contributed by atoms with E-state index in [-0.39, 0.29) is 10.9 Å². The number of fused-ring (bicyclic) bond motifs is 1. The molecule has 1 N–H and O–H groups in total. The molecule has 0 amide bonds. The lowest BCUT2D eigenvalue weighted by Gasteiger charge is -2.13. The monoisotopic (exact) mass is 357 g/mol. The van der Waals surface area contributed by atoms with Gasteiger partial charge in [-0.2, -0.15) is 9.97 Å². The average molecular weight is 357 g/mol. The summed E-state index contributed by atoms with van der Waals surface area (Å²) in [5, 5.41) is 1.85. The summed E-state index contributed by atoms with van der Waals surface area (Å²) in [5.74, 6) is 0. The zero-order valence-corrected chi connectivity index (χ0v) is 15.1. The van der Waals surface area contributed by atoms with Crippen LogP contribution in [0.15, 0.2) is 47.4 Å². The molecule has 0 aliphatic carbocycles. The molecule has 0 unspecified atom stereocenters. The Morgan fingerprint density at radius 2 is 1.64 bits per heavy atom. The highest BCUT2D eigenvalue weighted by Gasteiger charge is 2.19. The van der Waals surface area contributed by atoms with Gasteiger partial charge < -0.3 is 4.74 Å². The number of hydrogen-bond acceptors (Lipinski definition) is 5. The molecule has 1 heterocycles. The number of nitrogens with zero attached hydrogens (tertiary/aromatic N) is 2. The Kier molecular flexibility index (Phi) is 4.59. The summed E-state index contributed by atoms with van der Waals surface area (Å²) in [6, 6.07) is 12.9. The second-order valence-corrected chi connectivity index (χ2v) is 7.28. The fraction of sp³-hybridized carbons (Fsp3) is 0.222. The topological polar surface area (TPSA) is 81.2 Å². The van der Waals surface area contributed by atoms with E-state index < -0.39 is 10.0 Å². The molecule has 1 aromatic heterocycles. The first-order valence-electron chi connectivity index (χ1n) is 7.90. The summed E-state index contributed by atoms with van der Waals surface area (Å²) in [6.07, 6.45) is 0. The molecule has 6 nitrogen and oxygen atoms in total. The molecule has 0 atom stereocenters. The number of rotatable bonds is 5. The minimum absolute atomic E-state index is 0.193. The van der Waals surface area contributed by atoms with Gasteiger partial charge in [0, 0.05) is 0 Å². The van der Waals surface area contributed by atoms with Crippen molar-refractivity contribution < 1.29 is 13.2 Å². The Hall–Kier alpha value is -2.67. The second-order valence-electron chi connectivity index (χ2n) is 5.60. The van der Waals surface area contributed by atoms with Crippen LogP contribution in [0, 0.1) is 13.8 Å². The van der Waals surface area contributed by atoms with E-state index in [2.05, 4.69) is 14.7 Å². The Balaban J connectivity index is 1.98. The normalized spacial score (nSPS) is 11.5. The average Bonchev–Trinajstić information content (AvgIpc) is 2.58. The van der Waals surface area contributed by atoms with Gasteiger partial charge in [-0.25, -0.2) is 8.42 Å². The van der Waals surface area contributed by atoms with Crippen molar-refractivity contribution >= 4 is 26.5 Å². The standard InChI is InChI=1S/C18H19N3O3S/c1-4-24-18-19-12(2)17(13(3)20-18)21-25(22,23)16-10-9-14-7-5-6-8-15(14)11-16/h5-11,21H,4H2,1-3H3. The molecule has 25 heavy (non-hydrogen) atoms. The third kappa shape index (κ3) is 3.56. The Bertz CT molecular complexity index is 1010. The molecule has 7 heteroatoms. The van der Waals surface area contributed by atoms with Crippen molar-refractivity contribution in [1.29, 1.82) is 0 Å². The van der Waals surface area contributed by atoms with Gasteiger partial charge in [0.1, 0.15) is 0 Å². The van der Waals surface area contributed by atoms with Gasteiger partial charge in [-0.05, 0) is 43.7 Å². The van der Waals surface area contributed by atoms with Crippen molar-refractivity contribution in [3.05, 3.63) is 53.9 Å². The maximum atomic E-state index is 12.8. The molecule has 0 saturated carbocycles. The molecule has 3 aromatic rings. The van der Waals surface area contributed by atoms with Crippen LogP contribution >= 0.6 is 0 Å². The molecule has 0 spiro atoms. The quantitative estimate of drug-likeness (QED) is 0.756. The van der Waals surface area contributed by atoms with Gasteiger partial charge in [0.2, 0.25) is 0 Å². The lowest BCUT2D eigenvalue weighted by atomic mass is 10.1. The van der Waals surface area contributed by atoms with Crippen molar-refractivity contribution in [2.75, 3.05) is 11.3 Å². The number of hydrogen-bond donors (Lipinski definition) is 1. The second kappa shape index (κ2) is 6.68. The van der Waals surface area contributed by atoms with Crippen molar-refractivity contribution in [2.45, 2.75) is 25.7 Å². The van der Waals surface area contributed by atoms with Crippen LogP contribution in [0.4, 0.5) is 5.69 Å². The molecule has 0 aliphatic heterocycles. The van der Waals surface area contributed by atoms with Crippen molar-refractivity contribution in [3.8, 4) is 6.01 Å². The summed E-state index contributed by atoms with van der Waals surface area (Å²) in [6.45, 7) is 5.72. The summed E-state index contributed by atoms with van der Waals surface area (Å²) >= 11 is 0. The first kappa shape index (κ1) is 17.2. The van der Waals surface area contributed by atoms with Gasteiger partial charge in [-0.3, -0.25) is 4.72 Å². The van der Waals surface area contributed by atoms with Crippen LogP contribution < -0.4 is 9.46 Å². The van der Waals surface area contributed by atoms with E-state index in [0.29, 0.717) is 23.7 Å². The third-order valence-electron chi connectivity index (χ3n) is 3.79. The van der Waals surface area contributed by atoms with E-state index in [1.807, 2.05) is 31.2 Å². The van der Waals surface area contributed by atoms with Gasteiger partial charge in [0.25, 0.3) is 10.0 Å². The summed E-state index contributed by atoms with van der Waals surface area (Å²) in [4.78, 5) is 8.58. The van der Waals surface area contributed by atoms with Gasteiger partial charge in [0.15, 0.2) is 0 Å². The zero-order chi connectivity index (χ0) is 18.0. The number of aryl methyl sites for hydroxylation is 2. The fourth-order valence-corrected chi connectivity index (χ4v) is 3.77. The van der Waals surface area contributed by atoms with Crippen LogP contribution in [-0.4, -0.2) is 25.0 Å². The number of aromatic nitrogens is 2. The van der Waals surface area contributed by atoms with Crippen molar-refractivity contribution in [1.82, 2.24) is 9.97 Å². The number of benzene rings is 2. The Labute approximate surface area is 146 Å². The van der Waals surface area contributed by atoms with Crippen molar-refractivity contribution in [2.24, 2.45) is 0 Å². The molecule has 0 fully saturated rings. The number of nitrogens with one attached hydrogen (secondary N) is 1. The summed E-state index contributed by atoms with van der Waals surface area (Å²) in [7, 11) is -3.75. The van der Waals surface area contributed by atoms with Crippen LogP contribution in [0.25, 0.3) is 10.8 Å². The van der Waals surface area contributed by atoms with Gasteiger partial charge in [-0.15, -0.1) is 0 Å². The first-order valence-corrected chi connectivity index (χ1v) is 9.38. The Morgan fingerprint density at radius 3 is 2.28 bits per heavy atom. The van der Waals surface area contributed by atoms with Gasteiger partial charge >= 0.3 is 6.01 Å². The largest absolute Gasteiger partial charge is 0.464 e. The maximum absolute atomic E-state index is 12.8. The lowest BCUT2D eigenvalue weighted by molar-refractivity contribution is 0.311. The molecule has 2 aromatic carbocycles. The van der Waals surface area contributed by atoms with Crippen LogP contribution in [-0.2, 0) is 10.0 Å². The van der Waals surface area contributed by atoms with Crippen molar-refractivity contribution in [3.63, 3.8) is 0 Å². The van der Waals surface area contributed by atoms with E-state index in [4.69, 9.17) is 4.74 Å². The predicted octanol–water partition coefficient (Wildman–Crippen LogP) is 3.45. The van der Waals surface area contributed by atoms with Crippen LogP contribution in [0.2, 0.25) is 0 Å². The molecule has 3 rings (SSSR count). The zero-order valence-electron chi connectivity index (χ0n) is 14.3. The molecule has 0 saturated heterocycles. The van der Waals surface area contributed by atoms with E-state index in [1.54, 1.807) is 32.0 Å². The van der Waals surface area contributed by atoms with E-state index in [9.17, 15) is 8.42 Å². The maximum Gasteiger partial charge on any atom is 0.316 e. The molecule has 0 radical (unpaired) electrons. The highest BCUT2D eigenvalue weighted by atomic mass is 32.2. The molecular weight excluding hydrogens is 338 g/mol. The lowest BCUT2D eigenvalue weighted by Crippen LogP contribution is -2.16. The van der Waals surface area contributed by atoms with Gasteiger partial charge in [0.05, 0.1) is 28.6 Å². The number of anilines is 1. The minimum Gasteiger partial charge on any atom is -0.464 e. The van der Waals surface area contributed by atoms with Crippen LogP contribution in [0.1, 0.15) is 18.3 Å².